The Labute approximate surface area is 237 Å². The maximum absolute atomic E-state index is 14.1. The molecule has 0 aliphatic carbocycles. The summed E-state index contributed by atoms with van der Waals surface area (Å²) < 4.78 is 40.0. The van der Waals surface area contributed by atoms with Crippen LogP contribution in [0, 0.1) is 18.6 Å². The van der Waals surface area contributed by atoms with E-state index in [0.29, 0.717) is 49.1 Å². The van der Waals surface area contributed by atoms with Crippen molar-refractivity contribution in [3.63, 3.8) is 0 Å². The van der Waals surface area contributed by atoms with E-state index in [4.69, 9.17) is 14.6 Å². The van der Waals surface area contributed by atoms with Gasteiger partial charge in [-0.2, -0.15) is 5.10 Å². The van der Waals surface area contributed by atoms with Gasteiger partial charge in [0.05, 0.1) is 37.3 Å². The Morgan fingerprint density at radius 2 is 1.85 bits per heavy atom. The number of amides is 2. The first-order valence-corrected chi connectivity index (χ1v) is 13.3. The molecule has 2 aromatic heterocycles. The van der Waals surface area contributed by atoms with Crippen LogP contribution in [0.15, 0.2) is 67.0 Å². The lowest BCUT2D eigenvalue weighted by Crippen LogP contribution is -2.42. The predicted molar refractivity (Wildman–Crippen MR) is 151 cm³/mol. The molecule has 1 saturated heterocycles. The number of hydrogen-bond donors (Lipinski definition) is 2. The molecule has 9 nitrogen and oxygen atoms in total. The molecule has 1 aliphatic rings. The molecule has 5 rings (SSSR count). The highest BCUT2D eigenvalue weighted by atomic mass is 19.2. The van der Waals surface area contributed by atoms with Gasteiger partial charge in [0.2, 0.25) is 0 Å². The molecule has 4 aromatic rings. The van der Waals surface area contributed by atoms with E-state index in [0.717, 1.165) is 22.9 Å². The summed E-state index contributed by atoms with van der Waals surface area (Å²) in [5.74, 6) is -0.984. The van der Waals surface area contributed by atoms with Crippen molar-refractivity contribution < 1.29 is 23.0 Å². The number of rotatable bonds is 9. The van der Waals surface area contributed by atoms with Crippen molar-refractivity contribution in [3.05, 3.63) is 89.8 Å². The molecule has 1 aliphatic heterocycles. The van der Waals surface area contributed by atoms with Crippen LogP contribution in [0.4, 0.5) is 19.4 Å². The minimum absolute atomic E-state index is 0.244. The zero-order valence-electron chi connectivity index (χ0n) is 23.1. The molecule has 2 aromatic carbocycles. The number of carbonyl (C=O) groups excluding carboxylic acids is 1. The number of nitrogens with zero attached hydrogens (tertiary/aromatic N) is 4. The van der Waals surface area contributed by atoms with Crippen LogP contribution in [0.5, 0.6) is 5.75 Å². The van der Waals surface area contributed by atoms with Crippen LogP contribution in [-0.2, 0) is 4.74 Å². The van der Waals surface area contributed by atoms with Crippen molar-refractivity contribution >= 4 is 11.8 Å². The van der Waals surface area contributed by atoms with Crippen LogP contribution in [0.3, 0.4) is 0 Å². The van der Waals surface area contributed by atoms with Crippen LogP contribution >= 0.6 is 0 Å². The lowest BCUT2D eigenvalue weighted by atomic mass is 9.94. The number of methoxy groups -OCH3 is 2. The number of likely N-dealkylation sites (tertiary alicyclic amines) is 1. The van der Waals surface area contributed by atoms with E-state index in [-0.39, 0.29) is 12.0 Å². The summed E-state index contributed by atoms with van der Waals surface area (Å²) in [7, 11) is 3.20. The Hall–Kier alpha value is -4.35. The first kappa shape index (κ1) is 28.2. The maximum Gasteiger partial charge on any atom is 0.320 e. The SMILES string of the molecule is COCCN1C[C@@H](NC(=O)Nc2c(C)c(-c3cncc(OC)c3)nn2-c2ccccc2)[C@H](c2ccc(F)c(F)c2)C1. The monoisotopic (exact) mass is 562 g/mol. The van der Waals surface area contributed by atoms with Gasteiger partial charge in [-0.05, 0) is 42.8 Å². The van der Waals surface area contributed by atoms with Crippen molar-refractivity contribution in [2.75, 3.05) is 45.8 Å². The van der Waals surface area contributed by atoms with Crippen molar-refractivity contribution in [3.8, 4) is 22.7 Å². The zero-order valence-corrected chi connectivity index (χ0v) is 23.1. The fourth-order valence-corrected chi connectivity index (χ4v) is 5.16. The molecule has 0 unspecified atom stereocenters. The fourth-order valence-electron chi connectivity index (χ4n) is 5.16. The smallest absolute Gasteiger partial charge is 0.320 e. The standard InChI is InChI=1S/C30H32F2N6O3/c1-19-28(21-13-23(41-3)16-33-15-21)36-38(22-7-5-4-6-8-22)29(19)35-30(39)34-27-18-37(11-12-40-2)17-24(27)20-9-10-25(31)26(32)14-20/h4-10,13-16,24,27H,11-12,17-18H2,1-3H3,(H2,34,35,39)/t24-,27+/m0/s1. The maximum atomic E-state index is 14.1. The molecule has 0 spiro atoms. The fraction of sp³-hybridized carbons (Fsp3) is 0.300. The van der Waals surface area contributed by atoms with E-state index in [2.05, 4.69) is 20.5 Å². The first-order valence-electron chi connectivity index (χ1n) is 13.3. The molecule has 11 heteroatoms. The molecule has 2 amide bonds. The van der Waals surface area contributed by atoms with E-state index in [9.17, 15) is 13.6 Å². The second-order valence-corrected chi connectivity index (χ2v) is 9.92. The molecule has 2 N–H and O–H groups in total. The highest BCUT2D eigenvalue weighted by molar-refractivity contribution is 5.91. The molecule has 0 saturated carbocycles. The van der Waals surface area contributed by atoms with E-state index >= 15 is 0 Å². The van der Waals surface area contributed by atoms with Gasteiger partial charge in [-0.25, -0.2) is 18.3 Å². The van der Waals surface area contributed by atoms with E-state index < -0.39 is 17.7 Å². The lowest BCUT2D eigenvalue weighted by molar-refractivity contribution is 0.159. The second-order valence-electron chi connectivity index (χ2n) is 9.92. The quantitative estimate of drug-likeness (QED) is 0.306. The van der Waals surface area contributed by atoms with Gasteiger partial charge in [0.25, 0.3) is 0 Å². The molecule has 1 fully saturated rings. The Bertz CT molecular complexity index is 1510. The molecular formula is C30H32F2N6O3. The second kappa shape index (κ2) is 12.4. The third kappa shape index (κ3) is 6.21. The van der Waals surface area contributed by atoms with Gasteiger partial charge in [-0.1, -0.05) is 24.3 Å². The Balaban J connectivity index is 1.43. The summed E-state index contributed by atoms with van der Waals surface area (Å²) in [6.45, 7) is 4.13. The number of aromatic nitrogens is 3. The number of pyridine rings is 1. The van der Waals surface area contributed by atoms with Crippen LogP contribution in [0.1, 0.15) is 17.0 Å². The number of para-hydroxylation sites is 1. The zero-order chi connectivity index (χ0) is 28.9. The molecule has 0 radical (unpaired) electrons. The van der Waals surface area contributed by atoms with Gasteiger partial charge < -0.3 is 14.8 Å². The number of ether oxygens (including phenoxy) is 2. The molecule has 0 bridgehead atoms. The summed E-state index contributed by atoms with van der Waals surface area (Å²) in [4.78, 5) is 19.9. The van der Waals surface area contributed by atoms with Crippen LogP contribution in [-0.4, -0.2) is 72.2 Å². The van der Waals surface area contributed by atoms with Gasteiger partial charge in [-0.3, -0.25) is 15.2 Å². The minimum atomic E-state index is -0.914. The number of carbonyl (C=O) groups is 1. The van der Waals surface area contributed by atoms with Crippen LogP contribution in [0.2, 0.25) is 0 Å². The number of urea groups is 1. The van der Waals surface area contributed by atoms with Gasteiger partial charge in [0.1, 0.15) is 11.6 Å². The van der Waals surface area contributed by atoms with Crippen molar-refractivity contribution in [2.45, 2.75) is 18.9 Å². The van der Waals surface area contributed by atoms with Gasteiger partial charge in [-0.15, -0.1) is 0 Å². The number of benzene rings is 2. The summed E-state index contributed by atoms with van der Waals surface area (Å²) in [5, 5.41) is 10.9. The average Bonchev–Trinajstić information content (AvgIpc) is 3.54. The highest BCUT2D eigenvalue weighted by Crippen LogP contribution is 2.32. The summed E-state index contributed by atoms with van der Waals surface area (Å²) in [5.41, 5.74) is 3.50. The highest BCUT2D eigenvalue weighted by Gasteiger charge is 2.35. The van der Waals surface area contributed by atoms with E-state index in [1.165, 1.54) is 6.07 Å². The van der Waals surface area contributed by atoms with Gasteiger partial charge in [0, 0.05) is 50.0 Å². The third-order valence-electron chi connectivity index (χ3n) is 7.27. The lowest BCUT2D eigenvalue weighted by Gasteiger charge is -2.21. The summed E-state index contributed by atoms with van der Waals surface area (Å²) >= 11 is 0. The largest absolute Gasteiger partial charge is 0.495 e. The normalized spacial score (nSPS) is 17.0. The topological polar surface area (TPSA) is 93.5 Å². The molecule has 214 valence electrons. The molecule has 3 heterocycles. The third-order valence-corrected chi connectivity index (χ3v) is 7.27. The Morgan fingerprint density at radius 3 is 2.59 bits per heavy atom. The van der Waals surface area contributed by atoms with Gasteiger partial charge >= 0.3 is 6.03 Å². The average molecular weight is 563 g/mol. The molecular weight excluding hydrogens is 530 g/mol. The Kier molecular flexibility index (Phi) is 8.55. The molecule has 41 heavy (non-hydrogen) atoms. The van der Waals surface area contributed by atoms with Gasteiger partial charge in [0.15, 0.2) is 11.6 Å². The van der Waals surface area contributed by atoms with Crippen LogP contribution < -0.4 is 15.4 Å². The van der Waals surface area contributed by atoms with Crippen molar-refractivity contribution in [2.24, 2.45) is 0 Å². The van der Waals surface area contributed by atoms with E-state index in [1.54, 1.807) is 37.4 Å². The number of anilines is 1. The number of nitrogens with one attached hydrogen (secondary N) is 2. The summed E-state index contributed by atoms with van der Waals surface area (Å²) in [6, 6.07) is 14.4. The predicted octanol–water partition coefficient (Wildman–Crippen LogP) is 4.77. The van der Waals surface area contributed by atoms with Crippen LogP contribution in [0.25, 0.3) is 16.9 Å². The number of hydrogen-bond acceptors (Lipinski definition) is 6. The van der Waals surface area contributed by atoms with Crippen molar-refractivity contribution in [1.29, 1.82) is 0 Å². The van der Waals surface area contributed by atoms with E-state index in [1.807, 2.05) is 43.3 Å². The molecule has 2 atom stereocenters. The number of halogens is 2. The summed E-state index contributed by atoms with van der Waals surface area (Å²) in [6.07, 6.45) is 3.30. The van der Waals surface area contributed by atoms with Crippen molar-refractivity contribution in [1.82, 2.24) is 25.0 Å². The first-order chi connectivity index (χ1) is 19.9. The minimum Gasteiger partial charge on any atom is -0.495 e. The Morgan fingerprint density at radius 1 is 1.05 bits per heavy atom.